The van der Waals surface area contributed by atoms with Gasteiger partial charge in [0, 0.05) is 11.4 Å². The molecule has 198 valence electrons. The highest BCUT2D eigenvalue weighted by Gasteiger charge is 2.46. The fourth-order valence-corrected chi connectivity index (χ4v) is 6.22. The summed E-state index contributed by atoms with van der Waals surface area (Å²) < 4.78 is 27.6. The first kappa shape index (κ1) is 24.8. The number of benzene rings is 6. The molecule has 0 saturated heterocycles. The molecule has 0 spiro atoms. The van der Waals surface area contributed by atoms with Crippen LogP contribution in [0.2, 0.25) is 0 Å². The van der Waals surface area contributed by atoms with Gasteiger partial charge in [-0.15, -0.1) is 0 Å². The molecule has 4 heteroatoms. The fourth-order valence-electron chi connectivity index (χ4n) is 6.22. The molecular formula is C37H26F2N2. The van der Waals surface area contributed by atoms with Gasteiger partial charge in [0.15, 0.2) is 0 Å². The Labute approximate surface area is 237 Å². The molecular weight excluding hydrogens is 510 g/mol. The lowest BCUT2D eigenvalue weighted by Crippen LogP contribution is -2.28. The summed E-state index contributed by atoms with van der Waals surface area (Å²) in [6.07, 6.45) is 0. The number of halogens is 2. The maximum absolute atomic E-state index is 13.8. The van der Waals surface area contributed by atoms with Crippen molar-refractivity contribution < 1.29 is 8.78 Å². The number of nitrogen functional groups attached to an aromatic ring is 2. The van der Waals surface area contributed by atoms with Crippen molar-refractivity contribution in [3.8, 4) is 33.4 Å². The highest BCUT2D eigenvalue weighted by Crippen LogP contribution is 2.57. The summed E-state index contributed by atoms with van der Waals surface area (Å²) in [5, 5.41) is 0. The molecule has 0 fully saturated rings. The van der Waals surface area contributed by atoms with Gasteiger partial charge in [-0.05, 0) is 116 Å². The minimum absolute atomic E-state index is 0.270. The van der Waals surface area contributed by atoms with Crippen molar-refractivity contribution in [1.29, 1.82) is 0 Å². The first-order valence-electron chi connectivity index (χ1n) is 13.5. The first-order chi connectivity index (χ1) is 19.9. The minimum Gasteiger partial charge on any atom is -0.399 e. The van der Waals surface area contributed by atoms with Gasteiger partial charge in [-0.2, -0.15) is 0 Å². The molecule has 0 radical (unpaired) electrons. The van der Waals surface area contributed by atoms with Crippen LogP contribution in [-0.2, 0) is 5.41 Å². The van der Waals surface area contributed by atoms with Gasteiger partial charge in [-0.1, -0.05) is 72.8 Å². The summed E-state index contributed by atoms with van der Waals surface area (Å²) in [4.78, 5) is 0. The van der Waals surface area contributed by atoms with Crippen LogP contribution in [0.3, 0.4) is 0 Å². The first-order valence-corrected chi connectivity index (χ1v) is 13.5. The maximum atomic E-state index is 13.8. The Kier molecular flexibility index (Phi) is 5.72. The number of fused-ring (bicyclic) bond motifs is 3. The second kappa shape index (κ2) is 9.46. The Morgan fingerprint density at radius 3 is 1.10 bits per heavy atom. The third-order valence-electron chi connectivity index (χ3n) is 8.18. The predicted molar refractivity (Wildman–Crippen MR) is 163 cm³/mol. The largest absolute Gasteiger partial charge is 0.399 e. The van der Waals surface area contributed by atoms with Crippen molar-refractivity contribution in [3.05, 3.63) is 167 Å². The summed E-state index contributed by atoms with van der Waals surface area (Å²) in [6, 6.07) is 42.1. The smallest absolute Gasteiger partial charge is 0.123 e. The molecule has 6 aromatic rings. The molecule has 4 N–H and O–H groups in total. The van der Waals surface area contributed by atoms with E-state index in [1.807, 2.05) is 24.3 Å². The fraction of sp³-hybridized carbons (Fsp3) is 0.0270. The molecule has 7 rings (SSSR count). The lowest BCUT2D eigenvalue weighted by atomic mass is 9.67. The van der Waals surface area contributed by atoms with Crippen molar-refractivity contribution in [2.24, 2.45) is 0 Å². The normalized spacial score (nSPS) is 13.0. The number of rotatable bonds is 4. The lowest BCUT2D eigenvalue weighted by molar-refractivity contribution is 0.627. The van der Waals surface area contributed by atoms with E-state index >= 15 is 0 Å². The zero-order chi connectivity index (χ0) is 28.1. The summed E-state index contributed by atoms with van der Waals surface area (Å²) in [5.74, 6) is -0.539. The summed E-state index contributed by atoms with van der Waals surface area (Å²) in [6.45, 7) is 0. The molecule has 1 aliphatic rings. The van der Waals surface area contributed by atoms with Gasteiger partial charge in [0.2, 0.25) is 0 Å². The average molecular weight is 537 g/mol. The van der Waals surface area contributed by atoms with Gasteiger partial charge in [-0.25, -0.2) is 8.78 Å². The van der Waals surface area contributed by atoms with Gasteiger partial charge >= 0.3 is 0 Å². The molecule has 0 aromatic heterocycles. The van der Waals surface area contributed by atoms with E-state index in [0.717, 1.165) is 55.6 Å². The van der Waals surface area contributed by atoms with Crippen LogP contribution in [-0.4, -0.2) is 0 Å². The predicted octanol–water partition coefficient (Wildman–Crippen LogP) is 8.83. The van der Waals surface area contributed by atoms with E-state index in [9.17, 15) is 8.78 Å². The Morgan fingerprint density at radius 2 is 0.732 bits per heavy atom. The van der Waals surface area contributed by atoms with Crippen LogP contribution in [0.4, 0.5) is 20.2 Å². The molecule has 0 aliphatic heterocycles. The number of hydrogen-bond donors (Lipinski definition) is 2. The van der Waals surface area contributed by atoms with Crippen molar-refractivity contribution in [2.45, 2.75) is 5.41 Å². The molecule has 0 unspecified atom stereocenters. The van der Waals surface area contributed by atoms with Gasteiger partial charge in [-0.3, -0.25) is 0 Å². The Bertz CT molecular complexity index is 1750. The summed E-state index contributed by atoms with van der Waals surface area (Å²) in [5.41, 5.74) is 23.4. The van der Waals surface area contributed by atoms with Crippen LogP contribution in [0.15, 0.2) is 133 Å². The van der Waals surface area contributed by atoms with Gasteiger partial charge in [0.05, 0.1) is 5.41 Å². The molecule has 0 atom stereocenters. The van der Waals surface area contributed by atoms with E-state index < -0.39 is 5.41 Å². The molecule has 0 bridgehead atoms. The molecule has 0 saturated carbocycles. The van der Waals surface area contributed by atoms with Crippen LogP contribution in [0, 0.1) is 11.6 Å². The molecule has 6 aromatic carbocycles. The standard InChI is InChI=1S/C37H26F2N2/c38-29-11-1-23(2-12-29)25-5-19-33-34-20-6-26(24-3-13-30(39)14-4-24)22-36(34)37(35(33)21-25,27-7-15-31(40)16-8-27)28-9-17-32(41)18-10-28/h1-22H,40-41H2. The van der Waals surface area contributed by atoms with Crippen LogP contribution < -0.4 is 11.5 Å². The quantitative estimate of drug-likeness (QED) is 0.221. The van der Waals surface area contributed by atoms with E-state index in [0.29, 0.717) is 11.4 Å². The third-order valence-corrected chi connectivity index (χ3v) is 8.18. The average Bonchev–Trinajstić information content (AvgIpc) is 3.28. The molecule has 0 amide bonds. The lowest BCUT2D eigenvalue weighted by Gasteiger charge is -2.34. The van der Waals surface area contributed by atoms with E-state index in [2.05, 4.69) is 60.7 Å². The van der Waals surface area contributed by atoms with Gasteiger partial charge < -0.3 is 11.5 Å². The van der Waals surface area contributed by atoms with E-state index in [1.165, 1.54) is 24.3 Å². The second-order valence-corrected chi connectivity index (χ2v) is 10.5. The van der Waals surface area contributed by atoms with Gasteiger partial charge in [0.25, 0.3) is 0 Å². The van der Waals surface area contributed by atoms with Crippen LogP contribution in [0.1, 0.15) is 22.3 Å². The van der Waals surface area contributed by atoms with E-state index in [-0.39, 0.29) is 11.6 Å². The minimum atomic E-state index is -0.696. The highest BCUT2D eigenvalue weighted by molar-refractivity contribution is 5.90. The molecule has 0 heterocycles. The number of nitrogens with two attached hydrogens (primary N) is 2. The highest BCUT2D eigenvalue weighted by atomic mass is 19.1. The maximum Gasteiger partial charge on any atom is 0.123 e. The monoisotopic (exact) mass is 536 g/mol. The Balaban J connectivity index is 1.57. The van der Waals surface area contributed by atoms with Crippen molar-refractivity contribution in [3.63, 3.8) is 0 Å². The molecule has 1 aliphatic carbocycles. The van der Waals surface area contributed by atoms with Crippen LogP contribution >= 0.6 is 0 Å². The van der Waals surface area contributed by atoms with Crippen molar-refractivity contribution >= 4 is 11.4 Å². The molecule has 41 heavy (non-hydrogen) atoms. The summed E-state index contributed by atoms with van der Waals surface area (Å²) in [7, 11) is 0. The van der Waals surface area contributed by atoms with Crippen molar-refractivity contribution in [2.75, 3.05) is 11.5 Å². The van der Waals surface area contributed by atoms with Crippen molar-refractivity contribution in [1.82, 2.24) is 0 Å². The molecule has 2 nitrogen and oxygen atoms in total. The van der Waals surface area contributed by atoms with E-state index in [1.54, 1.807) is 24.3 Å². The zero-order valence-corrected chi connectivity index (χ0v) is 22.1. The van der Waals surface area contributed by atoms with Crippen LogP contribution in [0.5, 0.6) is 0 Å². The SMILES string of the molecule is Nc1ccc(C2(c3ccc(N)cc3)c3cc(-c4ccc(F)cc4)ccc3-c3ccc(-c4ccc(F)cc4)cc32)cc1. The Morgan fingerprint density at radius 1 is 0.390 bits per heavy atom. The van der Waals surface area contributed by atoms with Crippen LogP contribution in [0.25, 0.3) is 33.4 Å². The second-order valence-electron chi connectivity index (χ2n) is 10.5. The third kappa shape index (κ3) is 3.99. The van der Waals surface area contributed by atoms with E-state index in [4.69, 9.17) is 11.5 Å². The zero-order valence-electron chi connectivity index (χ0n) is 22.1. The Hall–Kier alpha value is -5.22. The summed E-state index contributed by atoms with van der Waals surface area (Å²) >= 11 is 0. The topological polar surface area (TPSA) is 52.0 Å². The van der Waals surface area contributed by atoms with Gasteiger partial charge in [0.1, 0.15) is 11.6 Å². The number of anilines is 2. The number of hydrogen-bond acceptors (Lipinski definition) is 2.